The molecule has 2 aliphatic heterocycles. The highest BCUT2D eigenvalue weighted by Crippen LogP contribution is 2.47. The lowest BCUT2D eigenvalue weighted by Crippen LogP contribution is -2.34. The molecule has 236 valence electrons. The number of methoxy groups -OCH3 is 2. The fourth-order valence-corrected chi connectivity index (χ4v) is 5.68. The number of anilines is 1. The predicted molar refractivity (Wildman–Crippen MR) is 169 cm³/mol. The zero-order valence-corrected chi connectivity index (χ0v) is 25.5. The van der Waals surface area contributed by atoms with Crippen molar-refractivity contribution < 1.29 is 23.9 Å². The third-order valence-corrected chi connectivity index (χ3v) is 7.85. The lowest BCUT2D eigenvalue weighted by atomic mass is 9.90. The Balaban J connectivity index is 1.43. The lowest BCUT2D eigenvalue weighted by Gasteiger charge is -2.37. The first kappa shape index (κ1) is 31.4. The van der Waals surface area contributed by atoms with Crippen molar-refractivity contribution in [1.29, 1.82) is 0 Å². The molecule has 3 aromatic carbocycles. The molecule has 0 unspecified atom stereocenters. The highest BCUT2D eigenvalue weighted by Gasteiger charge is 2.29. The van der Waals surface area contributed by atoms with E-state index in [2.05, 4.69) is 31.4 Å². The highest BCUT2D eigenvalue weighted by atomic mass is 16.6. The largest absolute Gasteiger partial charge is 0.494 e. The first-order valence-corrected chi connectivity index (χ1v) is 15.1. The predicted octanol–water partition coefficient (Wildman–Crippen LogP) is 7.57. The van der Waals surface area contributed by atoms with Gasteiger partial charge in [-0.3, -0.25) is 14.9 Å². The minimum absolute atomic E-state index is 0.0304. The number of nitrogens with zero attached hydrogens (tertiary/aromatic N) is 6. The van der Waals surface area contributed by atoms with Crippen molar-refractivity contribution in [2.75, 3.05) is 38.8 Å². The Morgan fingerprint density at radius 3 is 2.18 bits per heavy atom. The maximum absolute atomic E-state index is 11.1. The third-order valence-electron chi connectivity index (χ3n) is 7.85. The second-order valence-corrected chi connectivity index (χ2v) is 10.9. The van der Waals surface area contributed by atoms with Crippen molar-refractivity contribution >= 4 is 40.0 Å². The first-order valence-electron chi connectivity index (χ1n) is 15.1. The average Bonchev–Trinajstić information content (AvgIpc) is 3.05. The molecule has 0 bridgehead atoms. The number of hydrogen-bond donors (Lipinski definition) is 1. The Kier molecular flexibility index (Phi) is 10.2. The second kappa shape index (κ2) is 14.6. The number of aryl methyl sites for hydroxylation is 1. The summed E-state index contributed by atoms with van der Waals surface area (Å²) >= 11 is 0. The third kappa shape index (κ3) is 7.54. The topological polar surface area (TPSA) is 167 Å². The number of rotatable bonds is 14. The van der Waals surface area contributed by atoms with Gasteiger partial charge in [0.1, 0.15) is 28.6 Å². The Morgan fingerprint density at radius 2 is 1.53 bits per heavy atom. The van der Waals surface area contributed by atoms with Gasteiger partial charge in [0.25, 0.3) is 5.69 Å². The number of nitrogens with two attached hydrogens (primary N) is 1. The smallest absolute Gasteiger partial charge is 0.269 e. The summed E-state index contributed by atoms with van der Waals surface area (Å²) in [7, 11) is 3.05. The molecule has 0 saturated heterocycles. The van der Waals surface area contributed by atoms with Crippen LogP contribution in [0.15, 0.2) is 62.9 Å². The summed E-state index contributed by atoms with van der Waals surface area (Å²) in [5, 5.41) is 28.7. The number of non-ortho nitro benzene ring substituents is 1. The summed E-state index contributed by atoms with van der Waals surface area (Å²) in [5.41, 5.74) is 10.9. The quantitative estimate of drug-likeness (QED) is 0.0844. The van der Waals surface area contributed by atoms with Gasteiger partial charge in [-0.05, 0) is 68.7 Å². The zero-order valence-electron chi connectivity index (χ0n) is 25.5. The van der Waals surface area contributed by atoms with Crippen LogP contribution in [0.5, 0.6) is 17.2 Å². The lowest BCUT2D eigenvalue weighted by molar-refractivity contribution is -0.384. The molecule has 0 spiro atoms. The molecule has 0 saturated carbocycles. The van der Waals surface area contributed by atoms with Crippen LogP contribution in [0.2, 0.25) is 0 Å². The number of nitro benzene ring substituents is 1. The average molecular weight is 616 g/mol. The van der Waals surface area contributed by atoms with Crippen LogP contribution in [-0.2, 0) is 17.6 Å². The molecule has 0 aliphatic carbocycles. The van der Waals surface area contributed by atoms with E-state index in [1.807, 2.05) is 0 Å². The number of carbonyl (C=O) groups excluding carboxylic acids is 1. The van der Waals surface area contributed by atoms with E-state index in [1.165, 1.54) is 55.3 Å². The first-order chi connectivity index (χ1) is 21.9. The molecule has 2 heterocycles. The summed E-state index contributed by atoms with van der Waals surface area (Å²) in [4.78, 5) is 24.0. The SMILES string of the molecule is COc1cc(N=Nc2cc3c4c(c2OCCCCCC(N)=O)CCCN4CCC3)c(OC)cc1N=Nc1ccc([N+](=O)[O-])cc1. The maximum atomic E-state index is 11.1. The molecule has 13 nitrogen and oxygen atoms in total. The van der Waals surface area contributed by atoms with E-state index in [4.69, 9.17) is 19.9 Å². The Hall–Kier alpha value is -5.07. The van der Waals surface area contributed by atoms with E-state index >= 15 is 0 Å². The van der Waals surface area contributed by atoms with Crippen molar-refractivity contribution in [1.82, 2.24) is 0 Å². The minimum Gasteiger partial charge on any atom is -0.494 e. The summed E-state index contributed by atoms with van der Waals surface area (Å²) in [6, 6.07) is 11.2. The summed E-state index contributed by atoms with van der Waals surface area (Å²) in [6.07, 6.45) is 6.77. The van der Waals surface area contributed by atoms with Gasteiger partial charge < -0.3 is 24.8 Å². The van der Waals surface area contributed by atoms with Crippen molar-refractivity contribution in [2.45, 2.75) is 51.4 Å². The molecule has 2 aliphatic rings. The molecule has 13 heteroatoms. The number of hydrogen-bond acceptors (Lipinski definition) is 11. The molecule has 5 rings (SSSR count). The number of primary amides is 1. The summed E-state index contributed by atoms with van der Waals surface area (Å²) in [5.74, 6) is 1.28. The van der Waals surface area contributed by atoms with Crippen molar-refractivity contribution in [2.24, 2.45) is 26.2 Å². The standard InChI is InChI=1S/C32H37N7O6/c1-43-28-20-26(29(44-2)19-25(28)35-34-22-11-13-23(14-12-22)39(41)42)36-37-27-18-21-8-6-15-38-16-7-9-24(31(21)38)32(27)45-17-5-3-4-10-30(33)40/h11-14,18-20H,3-10,15-17H2,1-2H3,(H2,33,40). The number of carbonyl (C=O) groups is 1. The van der Waals surface area contributed by atoms with Gasteiger partial charge in [-0.25, -0.2) is 0 Å². The molecule has 0 aromatic heterocycles. The Morgan fingerprint density at radius 1 is 0.889 bits per heavy atom. The molecule has 2 N–H and O–H groups in total. The van der Waals surface area contributed by atoms with Gasteiger partial charge in [0.05, 0.1) is 31.4 Å². The van der Waals surface area contributed by atoms with Crippen LogP contribution in [-0.4, -0.2) is 44.7 Å². The highest BCUT2D eigenvalue weighted by molar-refractivity contribution is 5.75. The van der Waals surface area contributed by atoms with Crippen LogP contribution in [0.25, 0.3) is 0 Å². The van der Waals surface area contributed by atoms with Gasteiger partial charge in [-0.1, -0.05) is 0 Å². The minimum atomic E-state index is -0.471. The summed E-state index contributed by atoms with van der Waals surface area (Å²) < 4.78 is 17.6. The number of amides is 1. The van der Waals surface area contributed by atoms with Gasteiger partial charge in [-0.15, -0.1) is 15.3 Å². The van der Waals surface area contributed by atoms with Gasteiger partial charge in [0, 0.05) is 55.0 Å². The molecule has 45 heavy (non-hydrogen) atoms. The molecule has 3 aromatic rings. The van der Waals surface area contributed by atoms with Crippen molar-refractivity contribution in [3.63, 3.8) is 0 Å². The van der Waals surface area contributed by atoms with Crippen LogP contribution in [0.3, 0.4) is 0 Å². The summed E-state index contributed by atoms with van der Waals surface area (Å²) in [6.45, 7) is 2.58. The normalized spacial score (nSPS) is 14.0. The van der Waals surface area contributed by atoms with E-state index < -0.39 is 4.92 Å². The van der Waals surface area contributed by atoms with Gasteiger partial charge in [0.15, 0.2) is 5.75 Å². The molecular weight excluding hydrogens is 578 g/mol. The maximum Gasteiger partial charge on any atom is 0.269 e. The molecule has 1 amide bonds. The fourth-order valence-electron chi connectivity index (χ4n) is 5.68. The molecule has 0 atom stereocenters. The number of unbranched alkanes of at least 4 members (excludes halogenated alkanes) is 2. The Labute approximate surface area is 261 Å². The monoisotopic (exact) mass is 615 g/mol. The van der Waals surface area contributed by atoms with Crippen LogP contribution in [0, 0.1) is 10.1 Å². The number of nitro groups is 1. The van der Waals surface area contributed by atoms with Gasteiger partial charge >= 0.3 is 0 Å². The van der Waals surface area contributed by atoms with Crippen molar-refractivity contribution in [3.05, 3.63) is 63.7 Å². The van der Waals surface area contributed by atoms with E-state index in [0.717, 1.165) is 63.8 Å². The molecule has 0 fully saturated rings. The Bertz CT molecular complexity index is 1600. The van der Waals surface area contributed by atoms with E-state index in [1.54, 1.807) is 12.1 Å². The van der Waals surface area contributed by atoms with Gasteiger partial charge in [0.2, 0.25) is 5.91 Å². The zero-order chi connectivity index (χ0) is 31.8. The molecule has 0 radical (unpaired) electrons. The second-order valence-electron chi connectivity index (χ2n) is 10.9. The molecular formula is C32H37N7O6. The van der Waals surface area contributed by atoms with E-state index in [9.17, 15) is 14.9 Å². The van der Waals surface area contributed by atoms with E-state index in [0.29, 0.717) is 47.3 Å². The van der Waals surface area contributed by atoms with E-state index in [-0.39, 0.29) is 11.6 Å². The number of azo groups is 2. The van der Waals surface area contributed by atoms with Crippen LogP contribution in [0.1, 0.15) is 49.7 Å². The van der Waals surface area contributed by atoms with Crippen LogP contribution < -0.4 is 24.8 Å². The van der Waals surface area contributed by atoms with Crippen LogP contribution >= 0.6 is 0 Å². The fraction of sp³-hybridized carbons (Fsp3) is 0.406. The van der Waals surface area contributed by atoms with Gasteiger partial charge in [-0.2, -0.15) is 5.11 Å². The number of ether oxygens (including phenoxy) is 3. The van der Waals surface area contributed by atoms with Crippen LogP contribution in [0.4, 0.5) is 34.1 Å². The number of benzene rings is 3. The van der Waals surface area contributed by atoms with Crippen molar-refractivity contribution in [3.8, 4) is 17.2 Å².